The summed E-state index contributed by atoms with van der Waals surface area (Å²) in [7, 11) is 0. The highest BCUT2D eigenvalue weighted by atomic mass is 32.1. The molecule has 0 unspecified atom stereocenters. The molecule has 1 fully saturated rings. The zero-order valence-corrected chi connectivity index (χ0v) is 16.7. The lowest BCUT2D eigenvalue weighted by Crippen LogP contribution is -2.28. The number of rotatable bonds is 9. The lowest BCUT2D eigenvalue weighted by atomic mass is 9.90. The van der Waals surface area contributed by atoms with Gasteiger partial charge in [0.05, 0.1) is 5.69 Å². The van der Waals surface area contributed by atoms with Crippen molar-refractivity contribution in [2.75, 3.05) is 5.32 Å². The molecule has 9 heteroatoms. The smallest absolute Gasteiger partial charge is 0.336 e. The molecule has 154 valence electrons. The molecule has 7 nitrogen and oxygen atoms in total. The Bertz CT molecular complexity index is 912. The number of ether oxygens (including phenoxy) is 1. The summed E-state index contributed by atoms with van der Waals surface area (Å²) in [5, 5.41) is 13.7. The van der Waals surface area contributed by atoms with Gasteiger partial charge in [-0.15, -0.1) is 11.3 Å². The number of anilines is 1. The van der Waals surface area contributed by atoms with Crippen molar-refractivity contribution in [3.63, 3.8) is 0 Å². The standard InChI is InChI=1S/C20H21FN2O5S/c1-10(2)7-12(8-15(24)16-17(28-16)19(26)27)18(25)23-20-22-14(9-29-20)11-3-5-13(21)6-4-11/h3-6,9-10,12,16-17H,7-8H2,1-2H3,(H,26,27)(H,22,23,25)/t12-,16-,17+/m1/s1. The Labute approximate surface area is 170 Å². The number of carbonyl (C=O) groups is 3. The molecule has 1 aliphatic heterocycles. The molecule has 2 aromatic rings. The molecule has 0 bridgehead atoms. The SMILES string of the molecule is CC(C)C[C@H](CC(=O)[C@H]1O[C@@H]1C(=O)O)C(=O)Nc1nc(-c2ccc(F)cc2)cs1. The maximum atomic E-state index is 13.1. The molecule has 1 saturated heterocycles. The molecule has 1 aliphatic rings. The first-order chi connectivity index (χ1) is 13.7. The number of hydrogen-bond donors (Lipinski definition) is 2. The first kappa shape index (κ1) is 21.1. The Balaban J connectivity index is 1.65. The van der Waals surface area contributed by atoms with Gasteiger partial charge in [0.2, 0.25) is 5.91 Å². The normalized spacial score (nSPS) is 19.0. The van der Waals surface area contributed by atoms with Gasteiger partial charge >= 0.3 is 5.97 Å². The van der Waals surface area contributed by atoms with Gasteiger partial charge < -0.3 is 15.2 Å². The second kappa shape index (κ2) is 8.79. The van der Waals surface area contributed by atoms with E-state index in [9.17, 15) is 18.8 Å². The average Bonchev–Trinajstić information content (AvgIpc) is 3.34. The van der Waals surface area contributed by atoms with Crippen LogP contribution in [0.15, 0.2) is 29.6 Å². The van der Waals surface area contributed by atoms with Crippen LogP contribution in [0.3, 0.4) is 0 Å². The summed E-state index contributed by atoms with van der Waals surface area (Å²) in [4.78, 5) is 40.2. The van der Waals surface area contributed by atoms with Crippen LogP contribution >= 0.6 is 11.3 Å². The van der Waals surface area contributed by atoms with Crippen molar-refractivity contribution >= 4 is 34.1 Å². The molecule has 29 heavy (non-hydrogen) atoms. The highest BCUT2D eigenvalue weighted by Crippen LogP contribution is 2.29. The summed E-state index contributed by atoms with van der Waals surface area (Å²) in [6, 6.07) is 5.87. The fourth-order valence-electron chi connectivity index (χ4n) is 3.05. The Morgan fingerprint density at radius 1 is 1.24 bits per heavy atom. The van der Waals surface area contributed by atoms with Crippen molar-refractivity contribution in [3.05, 3.63) is 35.5 Å². The van der Waals surface area contributed by atoms with E-state index in [0.29, 0.717) is 17.2 Å². The lowest BCUT2D eigenvalue weighted by molar-refractivity contribution is -0.138. The van der Waals surface area contributed by atoms with Crippen molar-refractivity contribution in [3.8, 4) is 11.3 Å². The number of carboxylic acid groups (broad SMARTS) is 1. The van der Waals surface area contributed by atoms with Gasteiger partial charge in [0.25, 0.3) is 0 Å². The molecule has 1 aromatic carbocycles. The van der Waals surface area contributed by atoms with E-state index >= 15 is 0 Å². The number of aromatic nitrogens is 1. The predicted molar refractivity (Wildman–Crippen MR) is 105 cm³/mol. The number of Topliss-reactive ketones (excluding diaryl/α,β-unsaturated/α-hetero) is 1. The number of hydrogen-bond acceptors (Lipinski definition) is 6. The van der Waals surface area contributed by atoms with E-state index in [-0.39, 0.29) is 29.8 Å². The molecular weight excluding hydrogens is 399 g/mol. The molecular formula is C20H21FN2O5S. The second-order valence-electron chi connectivity index (χ2n) is 7.35. The van der Waals surface area contributed by atoms with Crippen LogP contribution in [-0.4, -0.2) is 40.0 Å². The third-order valence-corrected chi connectivity index (χ3v) is 5.26. The number of aliphatic carboxylic acids is 1. The number of carbonyl (C=O) groups excluding carboxylic acids is 2. The largest absolute Gasteiger partial charge is 0.479 e. The van der Waals surface area contributed by atoms with Crippen LogP contribution in [0.2, 0.25) is 0 Å². The molecule has 0 aliphatic carbocycles. The summed E-state index contributed by atoms with van der Waals surface area (Å²) in [5.41, 5.74) is 1.33. The van der Waals surface area contributed by atoms with Crippen LogP contribution in [0.4, 0.5) is 9.52 Å². The number of carboxylic acids is 1. The first-order valence-corrected chi connectivity index (χ1v) is 10.1. The summed E-state index contributed by atoms with van der Waals surface area (Å²) in [5.74, 6) is -2.70. The Hall–Kier alpha value is -2.65. The predicted octanol–water partition coefficient (Wildman–Crippen LogP) is 3.36. The van der Waals surface area contributed by atoms with E-state index in [2.05, 4.69) is 10.3 Å². The number of halogens is 1. The number of nitrogens with one attached hydrogen (secondary N) is 1. The van der Waals surface area contributed by atoms with Gasteiger partial charge in [0.15, 0.2) is 23.1 Å². The van der Waals surface area contributed by atoms with E-state index in [1.54, 1.807) is 17.5 Å². The second-order valence-corrected chi connectivity index (χ2v) is 8.20. The van der Waals surface area contributed by atoms with Gasteiger partial charge in [-0.1, -0.05) is 13.8 Å². The van der Waals surface area contributed by atoms with Crippen LogP contribution in [0.5, 0.6) is 0 Å². The summed E-state index contributed by atoms with van der Waals surface area (Å²) in [6.07, 6.45) is -1.70. The molecule has 2 heterocycles. The lowest BCUT2D eigenvalue weighted by Gasteiger charge is -2.17. The van der Waals surface area contributed by atoms with E-state index in [1.807, 2.05) is 13.8 Å². The molecule has 3 rings (SSSR count). The first-order valence-electron chi connectivity index (χ1n) is 9.18. The number of amides is 1. The number of benzene rings is 1. The molecule has 3 atom stereocenters. The van der Waals surface area contributed by atoms with Crippen LogP contribution in [0.1, 0.15) is 26.7 Å². The van der Waals surface area contributed by atoms with Gasteiger partial charge in [-0.05, 0) is 36.6 Å². The summed E-state index contributed by atoms with van der Waals surface area (Å²) >= 11 is 1.23. The monoisotopic (exact) mass is 420 g/mol. The topological polar surface area (TPSA) is 109 Å². The van der Waals surface area contributed by atoms with Crippen LogP contribution in [-0.2, 0) is 19.1 Å². The zero-order chi connectivity index (χ0) is 21.1. The van der Waals surface area contributed by atoms with Crippen molar-refractivity contribution in [2.24, 2.45) is 11.8 Å². The molecule has 0 radical (unpaired) electrons. The Morgan fingerprint density at radius 2 is 1.93 bits per heavy atom. The maximum Gasteiger partial charge on any atom is 0.336 e. The molecule has 1 aromatic heterocycles. The minimum Gasteiger partial charge on any atom is -0.479 e. The van der Waals surface area contributed by atoms with E-state index in [0.717, 1.165) is 5.56 Å². The van der Waals surface area contributed by atoms with Gasteiger partial charge in [0, 0.05) is 23.3 Å². The quantitative estimate of drug-likeness (QED) is 0.602. The fourth-order valence-corrected chi connectivity index (χ4v) is 3.77. The maximum absolute atomic E-state index is 13.1. The highest BCUT2D eigenvalue weighted by Gasteiger charge is 2.50. The van der Waals surface area contributed by atoms with Crippen molar-refractivity contribution < 1.29 is 28.6 Å². The molecule has 2 N–H and O–H groups in total. The third-order valence-electron chi connectivity index (χ3n) is 4.50. The number of ketones is 1. The van der Waals surface area contributed by atoms with Gasteiger partial charge in [-0.25, -0.2) is 14.2 Å². The molecule has 1 amide bonds. The van der Waals surface area contributed by atoms with E-state index in [4.69, 9.17) is 9.84 Å². The minimum absolute atomic E-state index is 0.0886. The number of thiazole rings is 1. The van der Waals surface area contributed by atoms with Gasteiger partial charge in [-0.3, -0.25) is 9.59 Å². The number of nitrogens with zero attached hydrogens (tertiary/aromatic N) is 1. The van der Waals surface area contributed by atoms with Crippen LogP contribution < -0.4 is 5.32 Å². The Kier molecular flexibility index (Phi) is 6.39. The zero-order valence-electron chi connectivity index (χ0n) is 15.9. The molecule has 0 saturated carbocycles. The van der Waals surface area contributed by atoms with Crippen molar-refractivity contribution in [1.82, 2.24) is 4.98 Å². The summed E-state index contributed by atoms with van der Waals surface area (Å²) < 4.78 is 17.9. The van der Waals surface area contributed by atoms with E-state index in [1.165, 1.54) is 23.5 Å². The van der Waals surface area contributed by atoms with Crippen molar-refractivity contribution in [2.45, 2.75) is 38.9 Å². The summed E-state index contributed by atoms with van der Waals surface area (Å²) in [6.45, 7) is 3.88. The highest BCUT2D eigenvalue weighted by molar-refractivity contribution is 7.14. The average molecular weight is 420 g/mol. The van der Waals surface area contributed by atoms with Crippen molar-refractivity contribution in [1.29, 1.82) is 0 Å². The van der Waals surface area contributed by atoms with Crippen LogP contribution in [0.25, 0.3) is 11.3 Å². The van der Waals surface area contributed by atoms with E-state index < -0.39 is 24.1 Å². The fraction of sp³-hybridized carbons (Fsp3) is 0.400. The number of epoxide rings is 1. The van der Waals surface area contributed by atoms with Gasteiger partial charge in [-0.2, -0.15) is 0 Å². The van der Waals surface area contributed by atoms with Crippen LogP contribution in [0, 0.1) is 17.7 Å². The molecule has 0 spiro atoms. The minimum atomic E-state index is -1.18. The third kappa shape index (κ3) is 5.45. The van der Waals surface area contributed by atoms with Gasteiger partial charge in [0.1, 0.15) is 5.82 Å². The Morgan fingerprint density at radius 3 is 2.52 bits per heavy atom.